The number of rotatable bonds is 1. The third kappa shape index (κ3) is 2.42. The van der Waals surface area contributed by atoms with Crippen LogP contribution in [0.1, 0.15) is 12.6 Å². The number of halogens is 5. The van der Waals surface area contributed by atoms with Gasteiger partial charge in [-0.1, -0.05) is 34.8 Å². The summed E-state index contributed by atoms with van der Waals surface area (Å²) in [5, 5.41) is -0.400. The monoisotopic (exact) mass is 245 g/mol. The molecule has 6 heteroatoms. The Bertz CT molecular complexity index is 335. The molecular formula is C7H4Cl3F2N. The summed E-state index contributed by atoms with van der Waals surface area (Å²) in [6, 6.07) is 1.21. The minimum absolute atomic E-state index is 0.0295. The molecule has 1 aromatic heterocycles. The zero-order chi connectivity index (χ0) is 10.2. The molecule has 0 aromatic carbocycles. The highest BCUT2D eigenvalue weighted by Crippen LogP contribution is 2.36. The van der Waals surface area contributed by atoms with Crippen LogP contribution in [0.4, 0.5) is 8.78 Å². The van der Waals surface area contributed by atoms with E-state index in [9.17, 15) is 8.78 Å². The molecular weight excluding hydrogens is 242 g/mol. The van der Waals surface area contributed by atoms with Crippen LogP contribution in [-0.2, 0) is 5.92 Å². The van der Waals surface area contributed by atoms with Gasteiger partial charge in [0.2, 0.25) is 0 Å². The maximum atomic E-state index is 12.8. The fourth-order valence-electron chi connectivity index (χ4n) is 0.760. The van der Waals surface area contributed by atoms with Crippen molar-refractivity contribution in [1.82, 2.24) is 4.98 Å². The smallest absolute Gasteiger partial charge is 0.233 e. The van der Waals surface area contributed by atoms with Crippen LogP contribution in [0, 0.1) is 0 Å². The number of aromatic nitrogens is 1. The molecule has 0 unspecified atom stereocenters. The van der Waals surface area contributed by atoms with Crippen molar-refractivity contribution in [2.75, 3.05) is 0 Å². The zero-order valence-corrected chi connectivity index (χ0v) is 8.68. The third-order valence-corrected chi connectivity index (χ3v) is 2.27. The van der Waals surface area contributed by atoms with Gasteiger partial charge in [0.25, 0.3) is 5.92 Å². The summed E-state index contributed by atoms with van der Waals surface area (Å²) in [6.45, 7) is 0.674. The Labute approximate surface area is 88.6 Å². The lowest BCUT2D eigenvalue weighted by molar-refractivity contribution is 0.0129. The Morgan fingerprint density at radius 2 is 1.85 bits per heavy atom. The average molecular weight is 246 g/mol. The molecule has 0 bridgehead atoms. The highest BCUT2D eigenvalue weighted by atomic mass is 35.5. The van der Waals surface area contributed by atoms with Gasteiger partial charge in [-0.2, -0.15) is 8.78 Å². The Kier molecular flexibility index (Phi) is 3.00. The van der Waals surface area contributed by atoms with Crippen molar-refractivity contribution < 1.29 is 8.78 Å². The van der Waals surface area contributed by atoms with Crippen LogP contribution < -0.4 is 0 Å². The fourth-order valence-corrected chi connectivity index (χ4v) is 1.47. The maximum absolute atomic E-state index is 12.8. The van der Waals surface area contributed by atoms with Crippen LogP contribution in [0.2, 0.25) is 15.2 Å². The van der Waals surface area contributed by atoms with Gasteiger partial charge in [0.05, 0.1) is 10.0 Å². The van der Waals surface area contributed by atoms with E-state index >= 15 is 0 Å². The van der Waals surface area contributed by atoms with E-state index in [1.165, 1.54) is 6.07 Å². The molecule has 0 atom stereocenters. The van der Waals surface area contributed by atoms with Crippen molar-refractivity contribution in [2.45, 2.75) is 12.8 Å². The summed E-state index contributed by atoms with van der Waals surface area (Å²) in [5.74, 6) is -3.15. The maximum Gasteiger partial charge on any atom is 0.288 e. The van der Waals surface area contributed by atoms with E-state index in [4.69, 9.17) is 34.8 Å². The Morgan fingerprint density at radius 1 is 1.31 bits per heavy atom. The summed E-state index contributed by atoms with van der Waals surface area (Å²) in [7, 11) is 0. The lowest BCUT2D eigenvalue weighted by Gasteiger charge is -2.12. The van der Waals surface area contributed by atoms with Crippen molar-refractivity contribution in [1.29, 1.82) is 0 Å². The quantitative estimate of drug-likeness (QED) is 0.678. The Hall–Kier alpha value is -0.120. The van der Waals surface area contributed by atoms with Gasteiger partial charge in [0, 0.05) is 6.92 Å². The zero-order valence-electron chi connectivity index (χ0n) is 6.41. The molecule has 72 valence electrons. The lowest BCUT2D eigenvalue weighted by atomic mass is 10.2. The fraction of sp³-hybridized carbons (Fsp3) is 0.286. The molecule has 0 aliphatic heterocycles. The van der Waals surface area contributed by atoms with Gasteiger partial charge in [0.15, 0.2) is 0 Å². The first-order chi connectivity index (χ1) is 5.82. The second kappa shape index (κ2) is 3.56. The summed E-state index contributed by atoms with van der Waals surface area (Å²) in [5.41, 5.74) is -0.605. The van der Waals surface area contributed by atoms with E-state index in [1.807, 2.05) is 0 Å². The molecule has 13 heavy (non-hydrogen) atoms. The molecule has 0 N–H and O–H groups in total. The van der Waals surface area contributed by atoms with Crippen LogP contribution >= 0.6 is 34.8 Å². The van der Waals surface area contributed by atoms with E-state index < -0.39 is 11.6 Å². The molecule has 0 saturated heterocycles. The van der Waals surface area contributed by atoms with Gasteiger partial charge in [-0.3, -0.25) is 0 Å². The van der Waals surface area contributed by atoms with Crippen LogP contribution in [-0.4, -0.2) is 4.98 Å². The number of alkyl halides is 2. The first kappa shape index (κ1) is 11.0. The molecule has 1 aromatic rings. The van der Waals surface area contributed by atoms with Crippen molar-refractivity contribution in [2.24, 2.45) is 0 Å². The van der Waals surface area contributed by atoms with Crippen molar-refractivity contribution in [3.8, 4) is 0 Å². The molecule has 0 aliphatic carbocycles. The molecule has 0 fully saturated rings. The minimum atomic E-state index is -3.15. The summed E-state index contributed by atoms with van der Waals surface area (Å²) < 4.78 is 25.6. The van der Waals surface area contributed by atoms with Gasteiger partial charge in [0.1, 0.15) is 10.8 Å². The molecule has 1 rings (SSSR count). The van der Waals surface area contributed by atoms with E-state index in [-0.39, 0.29) is 15.2 Å². The standard InChI is InChI=1S/C7H4Cl3F2N/c1-7(11,12)6-5(10)3(8)2-4(9)13-6/h2H,1H3. The topological polar surface area (TPSA) is 12.9 Å². The first-order valence-electron chi connectivity index (χ1n) is 3.22. The van der Waals surface area contributed by atoms with E-state index in [1.54, 1.807) is 0 Å². The Morgan fingerprint density at radius 3 is 2.31 bits per heavy atom. The average Bonchev–Trinajstić information content (AvgIpc) is 1.94. The van der Waals surface area contributed by atoms with Gasteiger partial charge >= 0.3 is 0 Å². The predicted octanol–water partition coefficient (Wildman–Crippen LogP) is 4.15. The molecule has 1 nitrogen and oxygen atoms in total. The highest BCUT2D eigenvalue weighted by molar-refractivity contribution is 6.43. The van der Waals surface area contributed by atoms with E-state index in [0.717, 1.165) is 0 Å². The van der Waals surface area contributed by atoms with Gasteiger partial charge < -0.3 is 0 Å². The lowest BCUT2D eigenvalue weighted by Crippen LogP contribution is -2.10. The number of hydrogen-bond acceptors (Lipinski definition) is 1. The van der Waals surface area contributed by atoms with Gasteiger partial charge in [-0.15, -0.1) is 0 Å². The van der Waals surface area contributed by atoms with Crippen molar-refractivity contribution in [3.63, 3.8) is 0 Å². The molecule has 0 spiro atoms. The number of hydrogen-bond donors (Lipinski definition) is 0. The van der Waals surface area contributed by atoms with Crippen LogP contribution in [0.25, 0.3) is 0 Å². The highest BCUT2D eigenvalue weighted by Gasteiger charge is 2.30. The van der Waals surface area contributed by atoms with Crippen molar-refractivity contribution >= 4 is 34.8 Å². The summed E-state index contributed by atoms with van der Waals surface area (Å²) >= 11 is 16.5. The minimum Gasteiger partial charge on any atom is -0.233 e. The third-order valence-electron chi connectivity index (χ3n) is 1.30. The molecule has 1 heterocycles. The summed E-state index contributed by atoms with van der Waals surface area (Å²) in [4.78, 5) is 3.40. The van der Waals surface area contributed by atoms with Crippen LogP contribution in [0.5, 0.6) is 0 Å². The van der Waals surface area contributed by atoms with Gasteiger partial charge in [-0.05, 0) is 6.07 Å². The largest absolute Gasteiger partial charge is 0.288 e. The molecule has 0 radical (unpaired) electrons. The first-order valence-corrected chi connectivity index (χ1v) is 4.35. The van der Waals surface area contributed by atoms with Gasteiger partial charge in [-0.25, -0.2) is 4.98 Å². The second-order valence-corrected chi connectivity index (χ2v) is 3.65. The molecule has 0 amide bonds. The van der Waals surface area contributed by atoms with E-state index in [2.05, 4.69) is 4.98 Å². The number of pyridine rings is 1. The van der Waals surface area contributed by atoms with Crippen LogP contribution in [0.15, 0.2) is 6.07 Å². The molecule has 0 saturated carbocycles. The number of nitrogens with zero attached hydrogens (tertiary/aromatic N) is 1. The summed E-state index contributed by atoms with van der Waals surface area (Å²) in [6.07, 6.45) is 0. The predicted molar refractivity (Wildman–Crippen MR) is 48.8 cm³/mol. The normalized spacial score (nSPS) is 11.8. The van der Waals surface area contributed by atoms with E-state index in [0.29, 0.717) is 6.92 Å². The van der Waals surface area contributed by atoms with Crippen LogP contribution in [0.3, 0.4) is 0 Å². The second-order valence-electron chi connectivity index (χ2n) is 2.48. The Balaban J connectivity index is 3.37. The molecule has 0 aliphatic rings. The SMILES string of the molecule is CC(F)(F)c1nc(Cl)cc(Cl)c1Cl. The van der Waals surface area contributed by atoms with Crippen molar-refractivity contribution in [3.05, 3.63) is 27.0 Å².